The number of rotatable bonds is 5. The van der Waals surface area contributed by atoms with Crippen molar-refractivity contribution in [3.05, 3.63) is 12.1 Å². The van der Waals surface area contributed by atoms with Crippen molar-refractivity contribution >= 4 is 28.4 Å². The summed E-state index contributed by atoms with van der Waals surface area (Å²) in [6.07, 6.45) is 6.33. The van der Waals surface area contributed by atoms with Crippen molar-refractivity contribution < 1.29 is 4.21 Å². The fraction of sp³-hybridized carbons (Fsp3) is 0.692. The number of nitrogens with zero attached hydrogens (tertiary/aromatic N) is 2. The maximum Gasteiger partial charge on any atom is 0.148 e. The Morgan fingerprint density at radius 1 is 1.42 bits per heavy atom. The largest absolute Gasteiger partial charge is 0.366 e. The Balaban J connectivity index is 1.92. The van der Waals surface area contributed by atoms with Crippen LogP contribution in [0.2, 0.25) is 0 Å². The van der Waals surface area contributed by atoms with Gasteiger partial charge in [-0.1, -0.05) is 13.3 Å². The fourth-order valence-electron chi connectivity index (χ4n) is 2.47. The molecule has 1 fully saturated rings. The van der Waals surface area contributed by atoms with Gasteiger partial charge in [0, 0.05) is 27.8 Å². The van der Waals surface area contributed by atoms with Crippen LogP contribution in [0, 0.1) is 0 Å². The normalized spacial score (nSPS) is 24.9. The summed E-state index contributed by atoms with van der Waals surface area (Å²) in [6, 6.07) is 4.33. The molecule has 1 aliphatic rings. The van der Waals surface area contributed by atoms with Crippen LogP contribution < -0.4 is 5.32 Å². The molecule has 3 atom stereocenters. The summed E-state index contributed by atoms with van der Waals surface area (Å²) in [5.74, 6) is 1.59. The van der Waals surface area contributed by atoms with E-state index in [4.69, 9.17) is 0 Å². The molecule has 0 bridgehead atoms. The summed E-state index contributed by atoms with van der Waals surface area (Å²) in [7, 11) is -0.677. The van der Waals surface area contributed by atoms with E-state index in [0.29, 0.717) is 11.3 Å². The van der Waals surface area contributed by atoms with Gasteiger partial charge in [0.15, 0.2) is 0 Å². The first-order chi connectivity index (χ1) is 9.22. The van der Waals surface area contributed by atoms with Crippen molar-refractivity contribution in [2.45, 2.75) is 48.9 Å². The Morgan fingerprint density at radius 3 is 2.89 bits per heavy atom. The second-order valence-corrected chi connectivity index (χ2v) is 7.59. The molecule has 106 valence electrons. The molecule has 0 spiro atoms. The van der Waals surface area contributed by atoms with Crippen molar-refractivity contribution in [3.8, 4) is 0 Å². The summed E-state index contributed by atoms with van der Waals surface area (Å²) < 4.78 is 11.9. The SMILES string of the molecule is CCS(=O)C1CCCC(Nc2ccc(SC)nn2)C1. The lowest BCUT2D eigenvalue weighted by Gasteiger charge is -2.29. The van der Waals surface area contributed by atoms with Gasteiger partial charge in [-0.25, -0.2) is 0 Å². The first-order valence-electron chi connectivity index (χ1n) is 6.74. The standard InChI is InChI=1S/C13H21N3OS2/c1-3-19(17)11-6-4-5-10(9-11)14-12-7-8-13(18-2)16-15-12/h7-8,10-11H,3-6,9H2,1-2H3,(H,14,15). The summed E-state index contributed by atoms with van der Waals surface area (Å²) in [5, 5.41) is 13.0. The van der Waals surface area contributed by atoms with Crippen LogP contribution in [0.1, 0.15) is 32.6 Å². The highest BCUT2D eigenvalue weighted by Gasteiger charge is 2.25. The number of nitrogens with one attached hydrogen (secondary N) is 1. The maximum absolute atomic E-state index is 11.9. The molecule has 6 heteroatoms. The zero-order valence-corrected chi connectivity index (χ0v) is 13.1. The van der Waals surface area contributed by atoms with E-state index in [1.807, 2.05) is 25.3 Å². The molecule has 0 saturated heterocycles. The summed E-state index contributed by atoms with van der Waals surface area (Å²) >= 11 is 1.59. The molecule has 1 aromatic rings. The molecule has 1 N–H and O–H groups in total. The predicted octanol–water partition coefficient (Wildman–Crippen LogP) is 2.69. The third kappa shape index (κ3) is 4.18. The monoisotopic (exact) mass is 299 g/mol. The highest BCUT2D eigenvalue weighted by Crippen LogP contribution is 2.25. The zero-order valence-electron chi connectivity index (χ0n) is 11.5. The number of anilines is 1. The van der Waals surface area contributed by atoms with Gasteiger partial charge >= 0.3 is 0 Å². The summed E-state index contributed by atoms with van der Waals surface area (Å²) in [5.41, 5.74) is 0. The molecule has 0 aromatic carbocycles. The Kier molecular flexibility index (Phi) is 5.63. The van der Waals surface area contributed by atoms with Gasteiger partial charge in [0.1, 0.15) is 10.8 Å². The third-order valence-electron chi connectivity index (χ3n) is 3.48. The lowest BCUT2D eigenvalue weighted by atomic mass is 9.95. The quantitative estimate of drug-likeness (QED) is 0.847. The van der Waals surface area contributed by atoms with Crippen molar-refractivity contribution in [1.29, 1.82) is 0 Å². The molecular formula is C13H21N3OS2. The highest BCUT2D eigenvalue weighted by atomic mass is 32.2. The van der Waals surface area contributed by atoms with Gasteiger partial charge in [-0.2, -0.15) is 0 Å². The molecule has 1 heterocycles. The maximum atomic E-state index is 11.9. The molecule has 0 amide bonds. The van der Waals surface area contributed by atoms with Gasteiger partial charge in [-0.05, 0) is 37.7 Å². The number of thioether (sulfide) groups is 1. The van der Waals surface area contributed by atoms with Crippen LogP contribution in [0.5, 0.6) is 0 Å². The van der Waals surface area contributed by atoms with Gasteiger partial charge < -0.3 is 5.32 Å². The minimum atomic E-state index is -0.677. The van der Waals surface area contributed by atoms with Gasteiger partial charge in [0.05, 0.1) is 0 Å². The van der Waals surface area contributed by atoms with E-state index >= 15 is 0 Å². The lowest BCUT2D eigenvalue weighted by molar-refractivity contribution is 0.464. The van der Waals surface area contributed by atoms with Crippen LogP contribution in [0.15, 0.2) is 17.2 Å². The second kappa shape index (κ2) is 7.24. The minimum Gasteiger partial charge on any atom is -0.366 e. The Hall–Kier alpha value is -0.620. The Bertz CT molecular complexity index is 424. The van der Waals surface area contributed by atoms with Gasteiger partial charge in [-0.3, -0.25) is 4.21 Å². The fourth-order valence-corrected chi connectivity index (χ4v) is 4.14. The Morgan fingerprint density at radius 2 is 2.26 bits per heavy atom. The molecule has 0 radical (unpaired) electrons. The van der Waals surface area contributed by atoms with Crippen LogP contribution in [0.25, 0.3) is 0 Å². The van der Waals surface area contributed by atoms with Crippen LogP contribution in [-0.2, 0) is 10.8 Å². The van der Waals surface area contributed by atoms with Crippen LogP contribution in [0.4, 0.5) is 5.82 Å². The molecule has 1 saturated carbocycles. The van der Waals surface area contributed by atoms with E-state index in [1.54, 1.807) is 11.8 Å². The first kappa shape index (κ1) is 14.8. The predicted molar refractivity (Wildman–Crippen MR) is 82.2 cm³/mol. The van der Waals surface area contributed by atoms with E-state index in [0.717, 1.165) is 42.3 Å². The van der Waals surface area contributed by atoms with Gasteiger partial charge in [0.25, 0.3) is 0 Å². The molecule has 1 aliphatic carbocycles. The molecule has 19 heavy (non-hydrogen) atoms. The van der Waals surface area contributed by atoms with E-state index in [2.05, 4.69) is 15.5 Å². The first-order valence-corrected chi connectivity index (χ1v) is 9.35. The smallest absolute Gasteiger partial charge is 0.148 e. The van der Waals surface area contributed by atoms with Crippen LogP contribution in [0.3, 0.4) is 0 Å². The number of hydrogen-bond acceptors (Lipinski definition) is 5. The molecule has 1 aromatic heterocycles. The minimum absolute atomic E-state index is 0.342. The average Bonchev–Trinajstić information content (AvgIpc) is 2.47. The third-order valence-corrected chi connectivity index (χ3v) is 5.86. The topological polar surface area (TPSA) is 54.9 Å². The number of hydrogen-bond donors (Lipinski definition) is 1. The summed E-state index contributed by atoms with van der Waals surface area (Å²) in [6.45, 7) is 2.00. The van der Waals surface area contributed by atoms with Crippen molar-refractivity contribution in [2.24, 2.45) is 0 Å². The lowest BCUT2D eigenvalue weighted by Crippen LogP contribution is -2.33. The molecular weight excluding hydrogens is 278 g/mol. The Labute approximate surface area is 121 Å². The second-order valence-electron chi connectivity index (χ2n) is 4.76. The van der Waals surface area contributed by atoms with Gasteiger partial charge in [-0.15, -0.1) is 22.0 Å². The highest BCUT2D eigenvalue weighted by molar-refractivity contribution is 7.98. The van der Waals surface area contributed by atoms with E-state index in [9.17, 15) is 4.21 Å². The van der Waals surface area contributed by atoms with E-state index < -0.39 is 10.8 Å². The van der Waals surface area contributed by atoms with Crippen molar-refractivity contribution in [3.63, 3.8) is 0 Å². The average molecular weight is 299 g/mol. The van der Waals surface area contributed by atoms with Crippen molar-refractivity contribution in [2.75, 3.05) is 17.3 Å². The van der Waals surface area contributed by atoms with Crippen molar-refractivity contribution in [1.82, 2.24) is 10.2 Å². The van der Waals surface area contributed by atoms with E-state index in [-0.39, 0.29) is 0 Å². The molecule has 2 rings (SSSR count). The van der Waals surface area contributed by atoms with E-state index in [1.165, 1.54) is 0 Å². The molecule has 3 unspecified atom stereocenters. The van der Waals surface area contributed by atoms with Crippen LogP contribution in [-0.4, -0.2) is 37.7 Å². The molecule has 4 nitrogen and oxygen atoms in total. The van der Waals surface area contributed by atoms with Crippen LogP contribution >= 0.6 is 11.8 Å². The summed E-state index contributed by atoms with van der Waals surface area (Å²) in [4.78, 5) is 0. The zero-order chi connectivity index (χ0) is 13.7. The van der Waals surface area contributed by atoms with Gasteiger partial charge in [0.2, 0.25) is 0 Å². The number of aromatic nitrogens is 2. The molecule has 0 aliphatic heterocycles.